The van der Waals surface area contributed by atoms with Crippen molar-refractivity contribution in [1.82, 2.24) is 20.1 Å². The Labute approximate surface area is 181 Å². The first kappa shape index (κ1) is 21.6. The summed E-state index contributed by atoms with van der Waals surface area (Å²) in [5.74, 6) is 0.992. The molecule has 0 aliphatic heterocycles. The molecule has 1 aromatic heterocycles. The molecule has 3 rings (SSSR count). The van der Waals surface area contributed by atoms with E-state index in [0.717, 1.165) is 11.1 Å². The van der Waals surface area contributed by atoms with Crippen LogP contribution in [0.2, 0.25) is 5.02 Å². The van der Waals surface area contributed by atoms with Gasteiger partial charge in [-0.25, -0.2) is 9.67 Å². The maximum absolute atomic E-state index is 12.6. The van der Waals surface area contributed by atoms with Crippen molar-refractivity contribution in [1.29, 1.82) is 0 Å². The van der Waals surface area contributed by atoms with Crippen LogP contribution in [0.5, 0.6) is 11.5 Å². The number of nitrogens with zero attached hydrogens (tertiary/aromatic N) is 3. The number of methoxy groups -OCH3 is 1. The van der Waals surface area contributed by atoms with Gasteiger partial charge in [0, 0.05) is 12.1 Å². The third-order valence-electron chi connectivity index (χ3n) is 4.34. The van der Waals surface area contributed by atoms with Gasteiger partial charge in [-0.2, -0.15) is 5.10 Å². The lowest BCUT2D eigenvalue weighted by Crippen LogP contribution is -2.23. The highest BCUT2D eigenvalue weighted by atomic mass is 35.5. The van der Waals surface area contributed by atoms with E-state index in [-0.39, 0.29) is 5.91 Å². The highest BCUT2D eigenvalue weighted by Crippen LogP contribution is 2.36. The molecule has 0 spiro atoms. The van der Waals surface area contributed by atoms with Gasteiger partial charge in [0.25, 0.3) is 5.91 Å². The zero-order valence-corrected chi connectivity index (χ0v) is 18.0. The van der Waals surface area contributed by atoms with E-state index < -0.39 is 0 Å². The van der Waals surface area contributed by atoms with Crippen LogP contribution < -0.4 is 14.8 Å². The second-order valence-corrected chi connectivity index (χ2v) is 7.69. The highest BCUT2D eigenvalue weighted by Gasteiger charge is 2.16. The molecule has 0 aliphatic rings. The summed E-state index contributed by atoms with van der Waals surface area (Å²) >= 11 is 6.34. The van der Waals surface area contributed by atoms with Crippen molar-refractivity contribution < 1.29 is 14.3 Å². The van der Waals surface area contributed by atoms with E-state index in [1.165, 1.54) is 13.4 Å². The Morgan fingerprint density at radius 3 is 2.57 bits per heavy atom. The molecule has 0 atom stereocenters. The maximum Gasteiger partial charge on any atom is 0.251 e. The number of ether oxygens (including phenoxy) is 2. The number of hydrogen-bond acceptors (Lipinski definition) is 5. The number of hydrogen-bond donors (Lipinski definition) is 1. The summed E-state index contributed by atoms with van der Waals surface area (Å²) in [7, 11) is 1.52. The number of carbonyl (C=O) groups excluding carboxylic acids is 1. The minimum atomic E-state index is -0.239. The summed E-state index contributed by atoms with van der Waals surface area (Å²) in [5, 5.41) is 7.35. The lowest BCUT2D eigenvalue weighted by molar-refractivity contribution is 0.0950. The van der Waals surface area contributed by atoms with E-state index in [1.54, 1.807) is 23.1 Å². The molecular formula is C22H25ClN4O3. The van der Waals surface area contributed by atoms with Crippen LogP contribution in [-0.2, 0) is 13.1 Å². The summed E-state index contributed by atoms with van der Waals surface area (Å²) in [4.78, 5) is 16.5. The third kappa shape index (κ3) is 5.73. The lowest BCUT2D eigenvalue weighted by atomic mass is 10.1. The zero-order chi connectivity index (χ0) is 21.5. The van der Waals surface area contributed by atoms with E-state index in [0.29, 0.717) is 47.7 Å². The number of benzene rings is 2. The Morgan fingerprint density at radius 2 is 1.93 bits per heavy atom. The second kappa shape index (κ2) is 10.1. The lowest BCUT2D eigenvalue weighted by Gasteiger charge is -2.15. The van der Waals surface area contributed by atoms with Gasteiger partial charge in [-0.15, -0.1) is 0 Å². The van der Waals surface area contributed by atoms with Crippen molar-refractivity contribution in [2.75, 3.05) is 13.7 Å². The molecule has 3 aromatic rings. The predicted octanol–water partition coefficient (Wildman–Crippen LogP) is 3.95. The molecule has 1 N–H and O–H groups in total. The van der Waals surface area contributed by atoms with Gasteiger partial charge >= 0.3 is 0 Å². The number of halogens is 1. The average Bonchev–Trinajstić information content (AvgIpc) is 3.24. The quantitative estimate of drug-likeness (QED) is 0.558. The fourth-order valence-electron chi connectivity index (χ4n) is 2.79. The fraction of sp³-hybridized carbons (Fsp3) is 0.318. The van der Waals surface area contributed by atoms with Crippen LogP contribution in [0, 0.1) is 5.92 Å². The first-order chi connectivity index (χ1) is 14.5. The summed E-state index contributed by atoms with van der Waals surface area (Å²) in [5.41, 5.74) is 2.50. The van der Waals surface area contributed by atoms with Gasteiger partial charge in [-0.1, -0.05) is 49.7 Å². The number of carbonyl (C=O) groups is 1. The molecule has 0 saturated heterocycles. The molecule has 0 bridgehead atoms. The fourth-order valence-corrected chi connectivity index (χ4v) is 3.05. The van der Waals surface area contributed by atoms with Crippen LogP contribution in [0.25, 0.3) is 0 Å². The molecule has 1 amide bonds. The molecule has 7 nitrogen and oxygen atoms in total. The largest absolute Gasteiger partial charge is 0.493 e. The average molecular weight is 429 g/mol. The molecule has 1 heterocycles. The van der Waals surface area contributed by atoms with E-state index in [4.69, 9.17) is 21.1 Å². The van der Waals surface area contributed by atoms with Gasteiger partial charge in [0.15, 0.2) is 11.5 Å². The van der Waals surface area contributed by atoms with Gasteiger partial charge in [-0.05, 0) is 29.2 Å². The van der Waals surface area contributed by atoms with Gasteiger partial charge in [0.2, 0.25) is 0 Å². The third-order valence-corrected chi connectivity index (χ3v) is 4.62. The van der Waals surface area contributed by atoms with Crippen molar-refractivity contribution in [3.05, 3.63) is 70.8 Å². The van der Waals surface area contributed by atoms with Gasteiger partial charge in [0.1, 0.15) is 12.7 Å². The van der Waals surface area contributed by atoms with Crippen LogP contribution >= 0.6 is 11.6 Å². The van der Waals surface area contributed by atoms with Crippen LogP contribution in [0.4, 0.5) is 0 Å². The van der Waals surface area contributed by atoms with Crippen LogP contribution in [0.15, 0.2) is 49.1 Å². The van der Waals surface area contributed by atoms with Crippen molar-refractivity contribution >= 4 is 17.5 Å². The van der Waals surface area contributed by atoms with Crippen molar-refractivity contribution in [3.8, 4) is 11.5 Å². The zero-order valence-electron chi connectivity index (χ0n) is 17.3. The Morgan fingerprint density at radius 1 is 1.20 bits per heavy atom. The number of nitrogens with one attached hydrogen (secondary N) is 1. The van der Waals surface area contributed by atoms with Crippen LogP contribution in [0.3, 0.4) is 0 Å². The summed E-state index contributed by atoms with van der Waals surface area (Å²) in [6.45, 7) is 5.64. The minimum Gasteiger partial charge on any atom is -0.493 e. The normalized spacial score (nSPS) is 10.8. The maximum atomic E-state index is 12.6. The summed E-state index contributed by atoms with van der Waals surface area (Å²) in [6, 6.07) is 11.2. The first-order valence-corrected chi connectivity index (χ1v) is 10.0. The minimum absolute atomic E-state index is 0.239. The molecule has 0 saturated carbocycles. The Balaban J connectivity index is 1.62. The van der Waals surface area contributed by atoms with Gasteiger partial charge in [0.05, 0.1) is 25.3 Å². The summed E-state index contributed by atoms with van der Waals surface area (Å²) < 4.78 is 12.9. The molecule has 0 unspecified atom stereocenters. The second-order valence-electron chi connectivity index (χ2n) is 7.29. The Bertz CT molecular complexity index is 973. The molecule has 0 fully saturated rings. The monoisotopic (exact) mass is 428 g/mol. The number of rotatable bonds is 9. The number of amides is 1. The summed E-state index contributed by atoms with van der Waals surface area (Å²) in [6.07, 6.45) is 3.18. The molecule has 158 valence electrons. The topological polar surface area (TPSA) is 78.3 Å². The smallest absolute Gasteiger partial charge is 0.251 e. The Hall–Kier alpha value is -3.06. The van der Waals surface area contributed by atoms with Crippen molar-refractivity contribution in [2.24, 2.45) is 5.92 Å². The van der Waals surface area contributed by atoms with E-state index >= 15 is 0 Å². The van der Waals surface area contributed by atoms with Crippen LogP contribution in [0.1, 0.15) is 35.3 Å². The van der Waals surface area contributed by atoms with Crippen LogP contribution in [-0.4, -0.2) is 34.4 Å². The van der Waals surface area contributed by atoms with Gasteiger partial charge in [-0.3, -0.25) is 4.79 Å². The first-order valence-electron chi connectivity index (χ1n) is 9.65. The van der Waals surface area contributed by atoms with Crippen molar-refractivity contribution in [3.63, 3.8) is 0 Å². The standard InChI is InChI=1S/C22H25ClN4O3/c1-15(2)12-30-21-19(23)8-18(9-20(21)29-3)22(28)25-10-16-4-6-17(7-5-16)11-27-14-24-13-26-27/h4-9,13-15H,10-12H2,1-3H3,(H,25,28). The predicted molar refractivity (Wildman–Crippen MR) is 115 cm³/mol. The molecule has 0 radical (unpaired) electrons. The highest BCUT2D eigenvalue weighted by molar-refractivity contribution is 6.32. The molecule has 30 heavy (non-hydrogen) atoms. The van der Waals surface area contributed by atoms with E-state index in [2.05, 4.69) is 15.4 Å². The molecule has 8 heteroatoms. The van der Waals surface area contributed by atoms with Crippen molar-refractivity contribution in [2.45, 2.75) is 26.9 Å². The van der Waals surface area contributed by atoms with E-state index in [1.807, 2.05) is 38.1 Å². The van der Waals surface area contributed by atoms with E-state index in [9.17, 15) is 4.79 Å². The molecule has 2 aromatic carbocycles. The Kier molecular flexibility index (Phi) is 7.30. The molecule has 0 aliphatic carbocycles. The number of aromatic nitrogens is 3. The SMILES string of the molecule is COc1cc(C(=O)NCc2ccc(Cn3cncn3)cc2)cc(Cl)c1OCC(C)C. The molecular weight excluding hydrogens is 404 g/mol. The van der Waals surface area contributed by atoms with Gasteiger partial charge < -0.3 is 14.8 Å².